The Balaban J connectivity index is 1.55. The van der Waals surface area contributed by atoms with Crippen molar-refractivity contribution in [3.05, 3.63) is 0 Å². The maximum absolute atomic E-state index is 11.1. The Morgan fingerprint density at radius 2 is 1.94 bits per heavy atom. The molecule has 2 heterocycles. The number of piperidine rings is 1. The Kier molecular flexibility index (Phi) is 3.71. The highest BCUT2D eigenvalue weighted by atomic mass is 16.5. The molecule has 1 saturated carbocycles. The number of aldehydes is 1. The highest BCUT2D eigenvalue weighted by Gasteiger charge is 2.42. The Hall–Kier alpha value is -0.410. The number of rotatable bonds is 3. The van der Waals surface area contributed by atoms with E-state index in [1.54, 1.807) is 0 Å². The van der Waals surface area contributed by atoms with Gasteiger partial charge < -0.3 is 9.53 Å². The van der Waals surface area contributed by atoms with Crippen molar-refractivity contribution in [1.29, 1.82) is 0 Å². The molecule has 3 fully saturated rings. The van der Waals surface area contributed by atoms with E-state index in [0.29, 0.717) is 6.10 Å². The van der Waals surface area contributed by atoms with Gasteiger partial charge in [0, 0.05) is 6.54 Å². The summed E-state index contributed by atoms with van der Waals surface area (Å²) in [4.78, 5) is 13.5. The number of likely N-dealkylation sites (tertiary alicyclic amines) is 1. The van der Waals surface area contributed by atoms with Crippen LogP contribution in [0.1, 0.15) is 57.8 Å². The first-order valence-corrected chi connectivity index (χ1v) is 7.68. The van der Waals surface area contributed by atoms with Gasteiger partial charge in [-0.2, -0.15) is 0 Å². The minimum absolute atomic E-state index is 0.155. The van der Waals surface area contributed by atoms with Crippen molar-refractivity contribution >= 4 is 6.29 Å². The Labute approximate surface area is 110 Å². The summed E-state index contributed by atoms with van der Waals surface area (Å²) in [5.41, 5.74) is 0.233. The normalized spacial score (nSPS) is 36.2. The molecule has 0 bridgehead atoms. The average Bonchev–Trinajstić information content (AvgIpc) is 3.01. The maximum atomic E-state index is 11.1. The lowest BCUT2D eigenvalue weighted by Crippen LogP contribution is -2.45. The van der Waals surface area contributed by atoms with Crippen LogP contribution in [-0.4, -0.2) is 42.0 Å². The van der Waals surface area contributed by atoms with Crippen LogP contribution in [0, 0.1) is 0 Å². The van der Waals surface area contributed by atoms with Gasteiger partial charge in [0.05, 0.1) is 17.7 Å². The number of carbonyl (C=O) groups excluding carboxylic acids is 1. The molecule has 18 heavy (non-hydrogen) atoms. The number of hydrogen-bond donors (Lipinski definition) is 0. The molecule has 0 radical (unpaired) electrons. The number of hydrogen-bond acceptors (Lipinski definition) is 3. The lowest BCUT2D eigenvalue weighted by molar-refractivity contribution is -0.115. The molecule has 2 aliphatic heterocycles. The van der Waals surface area contributed by atoms with E-state index in [1.807, 2.05) is 0 Å². The molecular formula is C15H25NO2. The Morgan fingerprint density at radius 3 is 2.72 bits per heavy atom. The van der Waals surface area contributed by atoms with Crippen molar-refractivity contribution in [3.8, 4) is 0 Å². The molecule has 0 aromatic heterocycles. The first kappa shape index (κ1) is 12.6. The Bertz CT molecular complexity index is 299. The standard InChI is InChI=1S/C15H25NO2/c17-12-13-5-1-4-10-16(13)11-14-6-9-15(18-14)7-2-3-8-15/h12-14H,1-11H2. The van der Waals surface area contributed by atoms with Crippen molar-refractivity contribution < 1.29 is 9.53 Å². The highest BCUT2D eigenvalue weighted by Crippen LogP contribution is 2.43. The van der Waals surface area contributed by atoms with Crippen molar-refractivity contribution in [2.24, 2.45) is 0 Å². The molecule has 1 spiro atoms. The summed E-state index contributed by atoms with van der Waals surface area (Å²) in [6.07, 6.45) is 12.7. The maximum Gasteiger partial charge on any atom is 0.137 e. The summed E-state index contributed by atoms with van der Waals surface area (Å²) in [7, 11) is 0. The zero-order chi connectivity index (χ0) is 12.4. The van der Waals surface area contributed by atoms with Crippen LogP contribution in [0.25, 0.3) is 0 Å². The molecule has 2 atom stereocenters. The fourth-order valence-corrected chi connectivity index (χ4v) is 4.07. The molecule has 3 heteroatoms. The lowest BCUT2D eigenvalue weighted by Gasteiger charge is -2.34. The third kappa shape index (κ3) is 2.48. The Morgan fingerprint density at radius 1 is 1.11 bits per heavy atom. The second-order valence-corrected chi connectivity index (χ2v) is 6.36. The van der Waals surface area contributed by atoms with E-state index in [2.05, 4.69) is 4.90 Å². The number of carbonyl (C=O) groups is 1. The van der Waals surface area contributed by atoms with Gasteiger partial charge in [-0.25, -0.2) is 0 Å². The first-order valence-electron chi connectivity index (χ1n) is 7.68. The molecule has 2 saturated heterocycles. The van der Waals surface area contributed by atoms with Crippen molar-refractivity contribution in [2.75, 3.05) is 13.1 Å². The third-order valence-corrected chi connectivity index (χ3v) is 5.11. The van der Waals surface area contributed by atoms with Crippen molar-refractivity contribution in [3.63, 3.8) is 0 Å². The summed E-state index contributed by atoms with van der Waals surface area (Å²) in [5.74, 6) is 0. The van der Waals surface area contributed by atoms with E-state index in [4.69, 9.17) is 4.74 Å². The van der Waals surface area contributed by atoms with Gasteiger partial charge in [0.25, 0.3) is 0 Å². The van der Waals surface area contributed by atoms with Crippen LogP contribution in [0.3, 0.4) is 0 Å². The summed E-state index contributed by atoms with van der Waals surface area (Å²) in [6.45, 7) is 2.06. The largest absolute Gasteiger partial charge is 0.370 e. The molecule has 3 aliphatic rings. The highest BCUT2D eigenvalue weighted by molar-refractivity contribution is 5.57. The minimum Gasteiger partial charge on any atom is -0.370 e. The fourth-order valence-electron chi connectivity index (χ4n) is 4.07. The van der Waals surface area contributed by atoms with E-state index in [9.17, 15) is 4.79 Å². The predicted octanol–water partition coefficient (Wildman–Crippen LogP) is 2.53. The summed E-state index contributed by atoms with van der Waals surface area (Å²) in [6, 6.07) is 0.155. The number of nitrogens with zero attached hydrogens (tertiary/aromatic N) is 1. The van der Waals surface area contributed by atoms with Crippen LogP contribution >= 0.6 is 0 Å². The van der Waals surface area contributed by atoms with Gasteiger partial charge in [-0.3, -0.25) is 4.90 Å². The molecular weight excluding hydrogens is 226 g/mol. The molecule has 102 valence electrons. The minimum atomic E-state index is 0.155. The average molecular weight is 251 g/mol. The topological polar surface area (TPSA) is 29.5 Å². The predicted molar refractivity (Wildman–Crippen MR) is 70.6 cm³/mol. The third-order valence-electron chi connectivity index (χ3n) is 5.11. The van der Waals surface area contributed by atoms with Crippen LogP contribution in [0.2, 0.25) is 0 Å². The molecule has 3 nitrogen and oxygen atoms in total. The fraction of sp³-hybridized carbons (Fsp3) is 0.933. The summed E-state index contributed by atoms with van der Waals surface area (Å²) in [5, 5.41) is 0. The zero-order valence-electron chi connectivity index (χ0n) is 11.3. The van der Waals surface area contributed by atoms with E-state index in [1.165, 1.54) is 51.4 Å². The van der Waals surface area contributed by atoms with Crippen molar-refractivity contribution in [2.45, 2.75) is 75.5 Å². The molecule has 0 aromatic carbocycles. The smallest absolute Gasteiger partial charge is 0.137 e. The lowest BCUT2D eigenvalue weighted by atomic mass is 9.98. The number of ether oxygens (including phenoxy) is 1. The SMILES string of the molecule is O=CC1CCCCN1CC1CCC2(CCCC2)O1. The first-order chi connectivity index (χ1) is 8.81. The van der Waals surface area contributed by atoms with E-state index in [0.717, 1.165) is 25.8 Å². The molecule has 0 amide bonds. The van der Waals surface area contributed by atoms with E-state index in [-0.39, 0.29) is 11.6 Å². The van der Waals surface area contributed by atoms with Gasteiger partial charge in [0.2, 0.25) is 0 Å². The van der Waals surface area contributed by atoms with Gasteiger partial charge >= 0.3 is 0 Å². The molecule has 2 unspecified atom stereocenters. The molecule has 3 rings (SSSR count). The molecule has 0 N–H and O–H groups in total. The van der Waals surface area contributed by atoms with Crippen LogP contribution < -0.4 is 0 Å². The summed E-state index contributed by atoms with van der Waals surface area (Å²) < 4.78 is 6.35. The van der Waals surface area contributed by atoms with Gasteiger partial charge in [-0.1, -0.05) is 19.3 Å². The summed E-state index contributed by atoms with van der Waals surface area (Å²) >= 11 is 0. The second kappa shape index (κ2) is 5.30. The van der Waals surface area contributed by atoms with Crippen LogP contribution in [0.15, 0.2) is 0 Å². The van der Waals surface area contributed by atoms with Gasteiger partial charge in [-0.05, 0) is 45.1 Å². The second-order valence-electron chi connectivity index (χ2n) is 6.36. The van der Waals surface area contributed by atoms with E-state index >= 15 is 0 Å². The van der Waals surface area contributed by atoms with Gasteiger partial charge in [-0.15, -0.1) is 0 Å². The quantitative estimate of drug-likeness (QED) is 0.722. The molecule has 0 aromatic rings. The monoisotopic (exact) mass is 251 g/mol. The van der Waals surface area contributed by atoms with E-state index < -0.39 is 0 Å². The van der Waals surface area contributed by atoms with Crippen molar-refractivity contribution in [1.82, 2.24) is 4.90 Å². The molecule has 1 aliphatic carbocycles. The van der Waals surface area contributed by atoms with Crippen LogP contribution in [0.5, 0.6) is 0 Å². The van der Waals surface area contributed by atoms with Gasteiger partial charge in [0.1, 0.15) is 6.29 Å². The zero-order valence-corrected chi connectivity index (χ0v) is 11.3. The van der Waals surface area contributed by atoms with Crippen LogP contribution in [0.4, 0.5) is 0 Å². The van der Waals surface area contributed by atoms with Crippen LogP contribution in [-0.2, 0) is 9.53 Å². The van der Waals surface area contributed by atoms with Gasteiger partial charge in [0.15, 0.2) is 0 Å².